The molecule has 0 saturated carbocycles. The Balaban J connectivity index is 1.47. The highest BCUT2D eigenvalue weighted by molar-refractivity contribution is 7.21. The lowest BCUT2D eigenvalue weighted by Crippen LogP contribution is -2.27. The molecule has 0 fully saturated rings. The lowest BCUT2D eigenvalue weighted by molar-refractivity contribution is 0.0944. The van der Waals surface area contributed by atoms with Crippen molar-refractivity contribution in [2.24, 2.45) is 0 Å². The predicted octanol–water partition coefficient (Wildman–Crippen LogP) is 4.35. The van der Waals surface area contributed by atoms with Gasteiger partial charge in [-0.15, -0.1) is 11.3 Å². The van der Waals surface area contributed by atoms with Crippen LogP contribution in [0.5, 0.6) is 11.5 Å². The number of aromatic nitrogens is 2. The van der Waals surface area contributed by atoms with Crippen LogP contribution in [-0.4, -0.2) is 28.7 Å². The Hall–Kier alpha value is -3.32. The fourth-order valence-corrected chi connectivity index (χ4v) is 4.53. The standard InChI is InChI=1S/C22H19N3O3S/c1-14(15-6-7-17-18(13-15)28-12-11-27-17)24-21(26)20-19(25-9-2-3-10-25)16-5-4-8-23-22(16)29-20/h2-10,13-14H,11-12H2,1H3,(H,24,26)/t14-/m0/s1. The number of benzene rings is 1. The summed E-state index contributed by atoms with van der Waals surface area (Å²) in [5.74, 6) is 1.33. The van der Waals surface area contributed by atoms with Gasteiger partial charge in [-0.1, -0.05) is 6.07 Å². The summed E-state index contributed by atoms with van der Waals surface area (Å²) in [6.07, 6.45) is 5.63. The van der Waals surface area contributed by atoms with Crippen molar-refractivity contribution in [3.8, 4) is 17.2 Å². The van der Waals surface area contributed by atoms with Crippen LogP contribution in [0, 0.1) is 0 Å². The van der Waals surface area contributed by atoms with E-state index in [-0.39, 0.29) is 11.9 Å². The third-order valence-electron chi connectivity index (χ3n) is 4.92. The van der Waals surface area contributed by atoms with Crippen LogP contribution in [0.25, 0.3) is 15.9 Å². The smallest absolute Gasteiger partial charge is 0.264 e. The summed E-state index contributed by atoms with van der Waals surface area (Å²) in [5.41, 5.74) is 1.82. The van der Waals surface area contributed by atoms with Crippen LogP contribution in [-0.2, 0) is 0 Å². The molecule has 1 aliphatic rings. The third-order valence-corrected chi connectivity index (χ3v) is 6.02. The number of nitrogens with zero attached hydrogens (tertiary/aromatic N) is 2. The van der Waals surface area contributed by atoms with Crippen molar-refractivity contribution in [2.75, 3.05) is 13.2 Å². The van der Waals surface area contributed by atoms with Gasteiger partial charge in [0.15, 0.2) is 11.5 Å². The summed E-state index contributed by atoms with van der Waals surface area (Å²) >= 11 is 1.40. The van der Waals surface area contributed by atoms with Crippen LogP contribution in [0.1, 0.15) is 28.2 Å². The van der Waals surface area contributed by atoms with Gasteiger partial charge in [0.05, 0.1) is 11.7 Å². The molecule has 29 heavy (non-hydrogen) atoms. The minimum absolute atomic E-state index is 0.126. The average Bonchev–Trinajstić information content (AvgIpc) is 3.40. The van der Waals surface area contributed by atoms with E-state index in [0.29, 0.717) is 23.8 Å². The number of thiophene rings is 1. The number of ether oxygens (including phenoxy) is 2. The van der Waals surface area contributed by atoms with Crippen molar-refractivity contribution in [2.45, 2.75) is 13.0 Å². The Kier molecular flexibility index (Phi) is 4.44. The van der Waals surface area contributed by atoms with Crippen LogP contribution in [0.4, 0.5) is 0 Å². The molecule has 0 saturated heterocycles. The zero-order chi connectivity index (χ0) is 19.8. The van der Waals surface area contributed by atoms with Crippen LogP contribution in [0.15, 0.2) is 61.1 Å². The predicted molar refractivity (Wildman–Crippen MR) is 112 cm³/mol. The fraction of sp³-hybridized carbons (Fsp3) is 0.182. The number of carbonyl (C=O) groups is 1. The van der Waals surface area contributed by atoms with Gasteiger partial charge < -0.3 is 19.4 Å². The Morgan fingerprint density at radius 1 is 1.14 bits per heavy atom. The SMILES string of the molecule is C[C@H](NC(=O)c1sc2ncccc2c1-n1cccc1)c1ccc2c(c1)OCCO2. The minimum atomic E-state index is -0.186. The van der Waals surface area contributed by atoms with E-state index in [2.05, 4.69) is 10.3 Å². The average molecular weight is 405 g/mol. The zero-order valence-electron chi connectivity index (χ0n) is 15.8. The van der Waals surface area contributed by atoms with E-state index in [0.717, 1.165) is 27.2 Å². The molecule has 3 aromatic heterocycles. The maximum atomic E-state index is 13.2. The van der Waals surface area contributed by atoms with Gasteiger partial charge >= 0.3 is 0 Å². The van der Waals surface area contributed by atoms with Crippen LogP contribution >= 0.6 is 11.3 Å². The van der Waals surface area contributed by atoms with E-state index in [1.807, 2.05) is 66.3 Å². The van der Waals surface area contributed by atoms with Crippen LogP contribution < -0.4 is 14.8 Å². The molecular formula is C22H19N3O3S. The van der Waals surface area contributed by atoms with Gasteiger partial charge in [-0.3, -0.25) is 4.79 Å². The Morgan fingerprint density at radius 3 is 2.76 bits per heavy atom. The maximum Gasteiger partial charge on any atom is 0.264 e. The molecule has 4 heterocycles. The minimum Gasteiger partial charge on any atom is -0.486 e. The number of nitrogens with one attached hydrogen (secondary N) is 1. The zero-order valence-corrected chi connectivity index (χ0v) is 16.6. The molecule has 0 bridgehead atoms. The number of rotatable bonds is 4. The topological polar surface area (TPSA) is 65.4 Å². The summed E-state index contributed by atoms with van der Waals surface area (Å²) in [6, 6.07) is 13.4. The Morgan fingerprint density at radius 2 is 1.93 bits per heavy atom. The second-order valence-corrected chi connectivity index (χ2v) is 7.82. The van der Waals surface area contributed by atoms with E-state index >= 15 is 0 Å². The molecule has 7 heteroatoms. The van der Waals surface area contributed by atoms with Crippen molar-refractivity contribution in [1.29, 1.82) is 0 Å². The fourth-order valence-electron chi connectivity index (χ4n) is 3.49. The lowest BCUT2D eigenvalue weighted by atomic mass is 10.1. The summed E-state index contributed by atoms with van der Waals surface area (Å²) in [4.78, 5) is 19.1. The van der Waals surface area contributed by atoms with Crippen molar-refractivity contribution in [1.82, 2.24) is 14.9 Å². The van der Waals surface area contributed by atoms with E-state index in [9.17, 15) is 4.79 Å². The number of hydrogen-bond acceptors (Lipinski definition) is 5. The molecule has 146 valence electrons. The van der Waals surface area contributed by atoms with Crippen molar-refractivity contribution >= 4 is 27.5 Å². The second-order valence-electron chi connectivity index (χ2n) is 6.82. The second kappa shape index (κ2) is 7.25. The molecule has 1 aliphatic heterocycles. The first-order chi connectivity index (χ1) is 14.2. The molecule has 0 radical (unpaired) electrons. The van der Waals surface area contributed by atoms with E-state index in [1.54, 1.807) is 6.20 Å². The number of fused-ring (bicyclic) bond motifs is 2. The molecule has 6 nitrogen and oxygen atoms in total. The first kappa shape index (κ1) is 17.8. The first-order valence-corrected chi connectivity index (χ1v) is 10.2. The van der Waals surface area contributed by atoms with Gasteiger partial charge in [-0.2, -0.15) is 0 Å². The largest absolute Gasteiger partial charge is 0.486 e. The quantitative estimate of drug-likeness (QED) is 0.548. The van der Waals surface area contributed by atoms with Crippen molar-refractivity contribution in [3.63, 3.8) is 0 Å². The highest BCUT2D eigenvalue weighted by Gasteiger charge is 2.22. The molecule has 0 aliphatic carbocycles. The van der Waals surface area contributed by atoms with Gasteiger partial charge in [-0.05, 0) is 48.9 Å². The third kappa shape index (κ3) is 3.23. The van der Waals surface area contributed by atoms with Crippen molar-refractivity contribution in [3.05, 3.63) is 71.5 Å². The normalized spacial score (nSPS) is 14.0. The molecular weight excluding hydrogens is 386 g/mol. The van der Waals surface area contributed by atoms with Crippen molar-refractivity contribution < 1.29 is 14.3 Å². The Bertz CT molecular complexity index is 1180. The number of carbonyl (C=O) groups excluding carboxylic acids is 1. The van der Waals surface area contributed by atoms with Crippen LogP contribution in [0.3, 0.4) is 0 Å². The van der Waals surface area contributed by atoms with Gasteiger partial charge in [-0.25, -0.2) is 4.98 Å². The number of amides is 1. The van der Waals surface area contributed by atoms with E-state index in [1.165, 1.54) is 11.3 Å². The van der Waals surface area contributed by atoms with Gasteiger partial charge in [0.25, 0.3) is 5.91 Å². The molecule has 4 aromatic rings. The van der Waals surface area contributed by atoms with E-state index < -0.39 is 0 Å². The summed E-state index contributed by atoms with van der Waals surface area (Å²) < 4.78 is 13.2. The molecule has 1 amide bonds. The first-order valence-electron chi connectivity index (χ1n) is 9.42. The van der Waals surface area contributed by atoms with Gasteiger partial charge in [0.2, 0.25) is 0 Å². The molecule has 1 aromatic carbocycles. The lowest BCUT2D eigenvalue weighted by Gasteiger charge is -2.21. The van der Waals surface area contributed by atoms with Crippen LogP contribution in [0.2, 0.25) is 0 Å². The molecule has 0 unspecified atom stereocenters. The molecule has 5 rings (SSSR count). The summed E-state index contributed by atoms with van der Waals surface area (Å²) in [6.45, 7) is 3.05. The molecule has 1 N–H and O–H groups in total. The summed E-state index contributed by atoms with van der Waals surface area (Å²) in [7, 11) is 0. The molecule has 0 spiro atoms. The van der Waals surface area contributed by atoms with E-state index in [4.69, 9.17) is 9.47 Å². The van der Waals surface area contributed by atoms with Gasteiger partial charge in [0.1, 0.15) is 22.9 Å². The number of hydrogen-bond donors (Lipinski definition) is 1. The maximum absolute atomic E-state index is 13.2. The highest BCUT2D eigenvalue weighted by atomic mass is 32.1. The summed E-state index contributed by atoms with van der Waals surface area (Å²) in [5, 5.41) is 4.08. The van der Waals surface area contributed by atoms with Gasteiger partial charge in [0, 0.05) is 24.0 Å². The highest BCUT2D eigenvalue weighted by Crippen LogP contribution is 2.35. The molecule has 1 atom stereocenters. The number of pyridine rings is 1. The Labute approximate surface area is 171 Å². The monoisotopic (exact) mass is 405 g/mol.